The lowest BCUT2D eigenvalue weighted by Gasteiger charge is -2.17. The fourth-order valence-electron chi connectivity index (χ4n) is 1.76. The SMILES string of the molecule is NNC(c1ccc(F)cc1)c1cccc(F)c1F. The Bertz CT molecular complexity index is 540. The number of halogens is 3. The Morgan fingerprint density at radius 1 is 0.944 bits per heavy atom. The molecule has 0 saturated heterocycles. The first-order valence-electron chi connectivity index (χ1n) is 5.29. The Kier molecular flexibility index (Phi) is 3.64. The average Bonchev–Trinajstić information content (AvgIpc) is 2.37. The summed E-state index contributed by atoms with van der Waals surface area (Å²) in [4.78, 5) is 0. The molecule has 0 aliphatic rings. The highest BCUT2D eigenvalue weighted by Crippen LogP contribution is 2.25. The highest BCUT2D eigenvalue weighted by Gasteiger charge is 2.18. The number of hydrogen-bond donors (Lipinski definition) is 2. The quantitative estimate of drug-likeness (QED) is 0.651. The van der Waals surface area contributed by atoms with Crippen molar-refractivity contribution in [2.75, 3.05) is 0 Å². The fourth-order valence-corrected chi connectivity index (χ4v) is 1.76. The van der Waals surface area contributed by atoms with E-state index in [9.17, 15) is 13.2 Å². The van der Waals surface area contributed by atoms with Crippen LogP contribution < -0.4 is 11.3 Å². The first kappa shape index (κ1) is 12.6. The number of nitrogens with one attached hydrogen (secondary N) is 1. The van der Waals surface area contributed by atoms with Crippen LogP contribution in [0, 0.1) is 17.5 Å². The summed E-state index contributed by atoms with van der Waals surface area (Å²) in [6.07, 6.45) is 0. The minimum atomic E-state index is -0.968. The lowest BCUT2D eigenvalue weighted by Crippen LogP contribution is -2.29. The standard InChI is InChI=1S/C13H11F3N2/c14-9-6-4-8(5-7-9)13(18-17)10-2-1-3-11(15)12(10)16/h1-7,13,18H,17H2. The summed E-state index contributed by atoms with van der Waals surface area (Å²) in [5.74, 6) is 3.04. The topological polar surface area (TPSA) is 38.0 Å². The van der Waals surface area contributed by atoms with Crippen molar-refractivity contribution < 1.29 is 13.2 Å². The van der Waals surface area contributed by atoms with Gasteiger partial charge in [-0.2, -0.15) is 0 Å². The maximum atomic E-state index is 13.7. The van der Waals surface area contributed by atoms with E-state index in [4.69, 9.17) is 5.84 Å². The van der Waals surface area contributed by atoms with Gasteiger partial charge < -0.3 is 0 Å². The Labute approximate surface area is 102 Å². The molecule has 0 aliphatic carbocycles. The van der Waals surface area contributed by atoms with Crippen molar-refractivity contribution in [3.05, 3.63) is 71.0 Å². The van der Waals surface area contributed by atoms with Crippen LogP contribution in [0.1, 0.15) is 17.2 Å². The van der Waals surface area contributed by atoms with Gasteiger partial charge in [0.05, 0.1) is 6.04 Å². The molecule has 5 heteroatoms. The molecule has 0 bridgehead atoms. The van der Waals surface area contributed by atoms with Crippen molar-refractivity contribution >= 4 is 0 Å². The molecule has 3 N–H and O–H groups in total. The van der Waals surface area contributed by atoms with E-state index >= 15 is 0 Å². The van der Waals surface area contributed by atoms with Gasteiger partial charge in [0.2, 0.25) is 0 Å². The summed E-state index contributed by atoms with van der Waals surface area (Å²) in [5, 5.41) is 0. The monoisotopic (exact) mass is 252 g/mol. The molecule has 0 heterocycles. The van der Waals surface area contributed by atoms with Crippen LogP contribution in [0.5, 0.6) is 0 Å². The molecule has 1 unspecified atom stereocenters. The van der Waals surface area contributed by atoms with Crippen LogP contribution in [0.3, 0.4) is 0 Å². The summed E-state index contributed by atoms with van der Waals surface area (Å²) in [6.45, 7) is 0. The van der Waals surface area contributed by atoms with Crippen molar-refractivity contribution in [3.8, 4) is 0 Å². The second-order valence-corrected chi connectivity index (χ2v) is 3.79. The van der Waals surface area contributed by atoms with Gasteiger partial charge in [0.15, 0.2) is 11.6 Å². The van der Waals surface area contributed by atoms with Gasteiger partial charge in [0.1, 0.15) is 5.82 Å². The zero-order chi connectivity index (χ0) is 13.1. The molecule has 2 rings (SSSR count). The van der Waals surface area contributed by atoms with Crippen molar-refractivity contribution in [2.45, 2.75) is 6.04 Å². The summed E-state index contributed by atoms with van der Waals surface area (Å²) in [6, 6.07) is 8.49. The zero-order valence-corrected chi connectivity index (χ0v) is 9.33. The van der Waals surface area contributed by atoms with Crippen LogP contribution in [0.25, 0.3) is 0 Å². The predicted molar refractivity (Wildman–Crippen MR) is 61.9 cm³/mol. The maximum Gasteiger partial charge on any atom is 0.163 e. The van der Waals surface area contributed by atoms with Crippen LogP contribution in [-0.4, -0.2) is 0 Å². The van der Waals surface area contributed by atoms with Crippen LogP contribution in [0.15, 0.2) is 42.5 Å². The lowest BCUT2D eigenvalue weighted by atomic mass is 9.98. The number of hydrogen-bond acceptors (Lipinski definition) is 2. The summed E-state index contributed by atoms with van der Waals surface area (Å²) < 4.78 is 39.6. The summed E-state index contributed by atoms with van der Waals surface area (Å²) in [5.41, 5.74) is 3.01. The molecule has 0 aliphatic heterocycles. The van der Waals surface area contributed by atoms with Gasteiger partial charge in [-0.3, -0.25) is 5.84 Å². The first-order valence-corrected chi connectivity index (χ1v) is 5.29. The first-order chi connectivity index (χ1) is 8.63. The van der Waals surface area contributed by atoms with Gasteiger partial charge in [-0.25, -0.2) is 18.6 Å². The van der Waals surface area contributed by atoms with Crippen molar-refractivity contribution in [1.82, 2.24) is 5.43 Å². The minimum absolute atomic E-state index is 0.0732. The molecule has 2 aromatic rings. The van der Waals surface area contributed by atoms with E-state index in [1.807, 2.05) is 0 Å². The Hall–Kier alpha value is -1.85. The predicted octanol–water partition coefficient (Wildman–Crippen LogP) is 2.66. The third-order valence-corrected chi connectivity index (χ3v) is 2.66. The molecule has 2 nitrogen and oxygen atoms in total. The summed E-state index contributed by atoms with van der Waals surface area (Å²) in [7, 11) is 0. The normalized spacial score (nSPS) is 12.4. The molecule has 0 radical (unpaired) electrons. The maximum absolute atomic E-state index is 13.7. The van der Waals surface area contributed by atoms with E-state index in [0.29, 0.717) is 5.56 Å². The highest BCUT2D eigenvalue weighted by atomic mass is 19.2. The fraction of sp³-hybridized carbons (Fsp3) is 0.0769. The van der Waals surface area contributed by atoms with E-state index in [1.165, 1.54) is 36.4 Å². The van der Waals surface area contributed by atoms with Crippen LogP contribution in [0.4, 0.5) is 13.2 Å². The smallest absolute Gasteiger partial charge is 0.163 e. The number of nitrogens with two attached hydrogens (primary N) is 1. The van der Waals surface area contributed by atoms with E-state index in [0.717, 1.165) is 6.07 Å². The van der Waals surface area contributed by atoms with Crippen molar-refractivity contribution in [1.29, 1.82) is 0 Å². The third-order valence-electron chi connectivity index (χ3n) is 2.66. The Morgan fingerprint density at radius 2 is 1.61 bits per heavy atom. The lowest BCUT2D eigenvalue weighted by molar-refractivity contribution is 0.483. The van der Waals surface area contributed by atoms with Crippen molar-refractivity contribution in [3.63, 3.8) is 0 Å². The molecular weight excluding hydrogens is 241 g/mol. The molecule has 94 valence electrons. The molecule has 0 fully saturated rings. The molecule has 0 amide bonds. The number of hydrazine groups is 1. The van der Waals surface area contributed by atoms with Gasteiger partial charge >= 0.3 is 0 Å². The third kappa shape index (κ3) is 2.37. The second-order valence-electron chi connectivity index (χ2n) is 3.79. The molecule has 0 saturated carbocycles. The molecular formula is C13H11F3N2. The van der Waals surface area contributed by atoms with Crippen LogP contribution >= 0.6 is 0 Å². The van der Waals surface area contributed by atoms with Gasteiger partial charge in [-0.1, -0.05) is 24.3 Å². The molecule has 2 aromatic carbocycles. The average molecular weight is 252 g/mol. The molecule has 18 heavy (non-hydrogen) atoms. The zero-order valence-electron chi connectivity index (χ0n) is 9.33. The number of rotatable bonds is 3. The van der Waals surface area contributed by atoms with Gasteiger partial charge in [-0.05, 0) is 23.8 Å². The van der Waals surface area contributed by atoms with Gasteiger partial charge in [0, 0.05) is 5.56 Å². The van der Waals surface area contributed by atoms with Crippen molar-refractivity contribution in [2.24, 2.45) is 5.84 Å². The molecule has 1 atom stereocenters. The van der Waals surface area contributed by atoms with Crippen LogP contribution in [0.2, 0.25) is 0 Å². The minimum Gasteiger partial charge on any atom is -0.271 e. The largest absolute Gasteiger partial charge is 0.271 e. The molecule has 0 aromatic heterocycles. The highest BCUT2D eigenvalue weighted by molar-refractivity contribution is 5.33. The van der Waals surface area contributed by atoms with E-state index in [1.54, 1.807) is 0 Å². The summed E-state index contributed by atoms with van der Waals surface area (Å²) >= 11 is 0. The Morgan fingerprint density at radius 3 is 2.22 bits per heavy atom. The van der Waals surface area contributed by atoms with Gasteiger partial charge in [0.25, 0.3) is 0 Å². The molecule has 0 spiro atoms. The van der Waals surface area contributed by atoms with Gasteiger partial charge in [-0.15, -0.1) is 0 Å². The van der Waals surface area contributed by atoms with E-state index in [2.05, 4.69) is 5.43 Å². The number of benzene rings is 2. The van der Waals surface area contributed by atoms with E-state index < -0.39 is 23.5 Å². The Balaban J connectivity index is 2.45. The van der Waals surface area contributed by atoms with E-state index in [-0.39, 0.29) is 5.56 Å². The second kappa shape index (κ2) is 5.20. The van der Waals surface area contributed by atoms with Crippen LogP contribution in [-0.2, 0) is 0 Å².